The molecular weight excluding hydrogens is 204 g/mol. The second-order valence-electron chi connectivity index (χ2n) is 5.68. The predicted octanol–water partition coefficient (Wildman–Crippen LogP) is 0.969. The van der Waals surface area contributed by atoms with E-state index in [1.165, 1.54) is 25.7 Å². The third-order valence-electron chi connectivity index (χ3n) is 4.69. The minimum absolute atomic E-state index is 0.0506. The lowest BCUT2D eigenvalue weighted by Crippen LogP contribution is -2.58. The Morgan fingerprint density at radius 1 is 1.25 bits per heavy atom. The van der Waals surface area contributed by atoms with E-state index < -0.39 is 0 Å². The molecule has 4 rings (SSSR count). The molecule has 88 valence electrons. The van der Waals surface area contributed by atoms with Gasteiger partial charge in [0.25, 0.3) is 0 Å². The van der Waals surface area contributed by atoms with E-state index in [4.69, 9.17) is 4.74 Å². The number of nitrogens with zero attached hydrogens (tertiary/aromatic N) is 1. The van der Waals surface area contributed by atoms with Crippen molar-refractivity contribution in [3.8, 4) is 0 Å². The Labute approximate surface area is 95.3 Å². The van der Waals surface area contributed by atoms with Crippen LogP contribution in [0.25, 0.3) is 0 Å². The average Bonchev–Trinajstić information content (AvgIpc) is 3.17. The van der Waals surface area contributed by atoms with Crippen molar-refractivity contribution in [1.29, 1.82) is 0 Å². The monoisotopic (exact) mass is 222 g/mol. The Morgan fingerprint density at radius 2 is 1.94 bits per heavy atom. The first kappa shape index (κ1) is 9.28. The smallest absolute Gasteiger partial charge is 0.410 e. The van der Waals surface area contributed by atoms with Gasteiger partial charge in [-0.05, 0) is 25.7 Å². The molecule has 2 aliphatic carbocycles. The van der Waals surface area contributed by atoms with E-state index in [0.717, 1.165) is 19.6 Å². The fraction of sp³-hybridized carbons (Fsp3) is 0.917. The van der Waals surface area contributed by atoms with Gasteiger partial charge < -0.3 is 10.1 Å². The van der Waals surface area contributed by atoms with Crippen molar-refractivity contribution < 1.29 is 9.53 Å². The van der Waals surface area contributed by atoms with Crippen molar-refractivity contribution in [3.05, 3.63) is 0 Å². The van der Waals surface area contributed by atoms with E-state index in [1.54, 1.807) is 0 Å². The average molecular weight is 222 g/mol. The summed E-state index contributed by atoms with van der Waals surface area (Å²) >= 11 is 0. The lowest BCUT2D eigenvalue weighted by atomic mass is 9.83. The normalized spacial score (nSPS) is 37.1. The highest BCUT2D eigenvalue weighted by atomic mass is 16.6. The van der Waals surface area contributed by atoms with Crippen LogP contribution in [-0.4, -0.2) is 42.3 Å². The van der Waals surface area contributed by atoms with Crippen LogP contribution in [0, 0.1) is 11.8 Å². The van der Waals surface area contributed by atoms with Crippen LogP contribution in [0.2, 0.25) is 0 Å². The van der Waals surface area contributed by atoms with Gasteiger partial charge in [-0.1, -0.05) is 0 Å². The lowest BCUT2D eigenvalue weighted by molar-refractivity contribution is -0.00869. The quantitative estimate of drug-likeness (QED) is 0.757. The van der Waals surface area contributed by atoms with Crippen LogP contribution in [0.3, 0.4) is 0 Å². The number of amides is 1. The number of carbonyl (C=O) groups excluding carboxylic acids is 1. The van der Waals surface area contributed by atoms with E-state index >= 15 is 0 Å². The van der Waals surface area contributed by atoms with Gasteiger partial charge in [-0.15, -0.1) is 0 Å². The molecular formula is C12H18N2O2. The third kappa shape index (κ3) is 1.06. The van der Waals surface area contributed by atoms with E-state index in [2.05, 4.69) is 5.32 Å². The molecule has 0 aromatic carbocycles. The van der Waals surface area contributed by atoms with Gasteiger partial charge in [-0.2, -0.15) is 0 Å². The Bertz CT molecular complexity index is 324. The molecule has 0 spiro atoms. The summed E-state index contributed by atoms with van der Waals surface area (Å²) in [5.74, 6) is 1.30. The highest BCUT2D eigenvalue weighted by Crippen LogP contribution is 2.59. The Kier molecular flexibility index (Phi) is 1.69. The van der Waals surface area contributed by atoms with Crippen LogP contribution in [0.5, 0.6) is 0 Å². The first-order valence-electron chi connectivity index (χ1n) is 6.52. The summed E-state index contributed by atoms with van der Waals surface area (Å²) in [6, 6.07) is 0.314. The standard InChI is InChI=1S/C12H18N2O2/c15-11-14-6-5-13-7-10(14)12(16-11,8-1-2-8)9-3-4-9/h8-10,13H,1-7H2. The third-order valence-corrected chi connectivity index (χ3v) is 4.69. The molecule has 4 heteroatoms. The molecule has 0 aromatic heterocycles. The van der Waals surface area contributed by atoms with E-state index in [1.807, 2.05) is 4.90 Å². The van der Waals surface area contributed by atoms with Gasteiger partial charge in [-0.25, -0.2) is 4.79 Å². The molecule has 2 aliphatic heterocycles. The fourth-order valence-electron chi connectivity index (χ4n) is 3.72. The number of ether oxygens (including phenoxy) is 1. The molecule has 4 nitrogen and oxygen atoms in total. The molecule has 2 saturated carbocycles. The van der Waals surface area contributed by atoms with Crippen LogP contribution >= 0.6 is 0 Å². The molecule has 1 amide bonds. The van der Waals surface area contributed by atoms with Gasteiger partial charge in [0.1, 0.15) is 5.60 Å². The van der Waals surface area contributed by atoms with Gasteiger partial charge in [-0.3, -0.25) is 4.90 Å². The number of piperazine rings is 1. The summed E-state index contributed by atoms with van der Waals surface area (Å²) < 4.78 is 5.89. The van der Waals surface area contributed by atoms with Gasteiger partial charge in [0.15, 0.2) is 0 Å². The van der Waals surface area contributed by atoms with Crippen LogP contribution in [0.4, 0.5) is 4.79 Å². The number of hydrogen-bond donors (Lipinski definition) is 1. The predicted molar refractivity (Wildman–Crippen MR) is 58.0 cm³/mol. The number of hydrogen-bond acceptors (Lipinski definition) is 3. The molecule has 1 unspecified atom stereocenters. The Balaban J connectivity index is 1.72. The SMILES string of the molecule is O=C1OC(C2CC2)(C2CC2)C2CNCCN12. The number of rotatable bonds is 2. The summed E-state index contributed by atoms with van der Waals surface area (Å²) in [7, 11) is 0. The minimum atomic E-state index is -0.107. The van der Waals surface area contributed by atoms with Gasteiger partial charge in [0.2, 0.25) is 0 Å². The van der Waals surface area contributed by atoms with Crippen LogP contribution in [-0.2, 0) is 4.74 Å². The van der Waals surface area contributed by atoms with E-state index in [0.29, 0.717) is 17.9 Å². The first-order valence-corrected chi connectivity index (χ1v) is 6.52. The zero-order valence-corrected chi connectivity index (χ0v) is 9.45. The highest BCUT2D eigenvalue weighted by molar-refractivity contribution is 5.72. The Hall–Kier alpha value is -0.770. The van der Waals surface area contributed by atoms with E-state index in [9.17, 15) is 4.79 Å². The Morgan fingerprint density at radius 3 is 2.56 bits per heavy atom. The van der Waals surface area contributed by atoms with Gasteiger partial charge in [0.05, 0.1) is 6.04 Å². The molecule has 1 N–H and O–H groups in total. The van der Waals surface area contributed by atoms with Crippen molar-refractivity contribution in [2.75, 3.05) is 19.6 Å². The maximum absolute atomic E-state index is 12.0. The summed E-state index contributed by atoms with van der Waals surface area (Å²) in [6.07, 6.45) is 4.98. The maximum Gasteiger partial charge on any atom is 0.410 e. The lowest BCUT2D eigenvalue weighted by Gasteiger charge is -2.38. The largest absolute Gasteiger partial charge is 0.440 e. The van der Waals surface area contributed by atoms with Crippen LogP contribution in [0.1, 0.15) is 25.7 Å². The van der Waals surface area contributed by atoms with Crippen LogP contribution < -0.4 is 5.32 Å². The second-order valence-corrected chi connectivity index (χ2v) is 5.68. The topological polar surface area (TPSA) is 41.6 Å². The molecule has 1 atom stereocenters. The molecule has 0 aromatic rings. The summed E-state index contributed by atoms with van der Waals surface area (Å²) in [4.78, 5) is 13.9. The highest BCUT2D eigenvalue weighted by Gasteiger charge is 2.67. The van der Waals surface area contributed by atoms with Gasteiger partial charge in [0, 0.05) is 31.5 Å². The molecule has 2 heterocycles. The minimum Gasteiger partial charge on any atom is -0.440 e. The zero-order chi connectivity index (χ0) is 10.8. The summed E-state index contributed by atoms with van der Waals surface area (Å²) in [5.41, 5.74) is -0.107. The number of cyclic esters (lactones) is 1. The van der Waals surface area contributed by atoms with E-state index in [-0.39, 0.29) is 11.7 Å². The van der Waals surface area contributed by atoms with Crippen LogP contribution in [0.15, 0.2) is 0 Å². The number of fused-ring (bicyclic) bond motifs is 1. The fourth-order valence-corrected chi connectivity index (χ4v) is 3.72. The molecule has 0 bridgehead atoms. The van der Waals surface area contributed by atoms with Crippen molar-refractivity contribution in [2.24, 2.45) is 11.8 Å². The number of carbonyl (C=O) groups is 1. The molecule has 4 fully saturated rings. The van der Waals surface area contributed by atoms with Gasteiger partial charge >= 0.3 is 6.09 Å². The second kappa shape index (κ2) is 2.92. The molecule has 16 heavy (non-hydrogen) atoms. The number of nitrogens with one attached hydrogen (secondary N) is 1. The molecule has 2 saturated heterocycles. The summed E-state index contributed by atoms with van der Waals surface area (Å²) in [5, 5.41) is 3.42. The van der Waals surface area contributed by atoms with Crippen molar-refractivity contribution in [2.45, 2.75) is 37.3 Å². The molecule has 0 radical (unpaired) electrons. The van der Waals surface area contributed by atoms with Crippen molar-refractivity contribution in [1.82, 2.24) is 10.2 Å². The maximum atomic E-state index is 12.0. The first-order chi connectivity index (χ1) is 7.82. The molecule has 4 aliphatic rings. The zero-order valence-electron chi connectivity index (χ0n) is 9.45. The summed E-state index contributed by atoms with van der Waals surface area (Å²) in [6.45, 7) is 2.67. The van der Waals surface area contributed by atoms with Crippen molar-refractivity contribution >= 4 is 6.09 Å². The van der Waals surface area contributed by atoms with Crippen molar-refractivity contribution in [3.63, 3.8) is 0 Å².